The second-order valence-corrected chi connectivity index (χ2v) is 4.28. The first-order valence-corrected chi connectivity index (χ1v) is 5.98. The van der Waals surface area contributed by atoms with Gasteiger partial charge in [-0.15, -0.1) is 0 Å². The summed E-state index contributed by atoms with van der Waals surface area (Å²) in [5.74, 6) is 1.93. The number of aromatic nitrogens is 2. The van der Waals surface area contributed by atoms with Gasteiger partial charge in [0.1, 0.15) is 12.4 Å². The average molecular weight is 208 g/mol. The van der Waals surface area contributed by atoms with Crippen LogP contribution in [0.5, 0.6) is 0 Å². The largest absolute Gasteiger partial charge is 0.374 e. The Morgan fingerprint density at radius 2 is 2.27 bits per heavy atom. The molecular weight excluding hydrogens is 188 g/mol. The molecule has 3 heteroatoms. The maximum absolute atomic E-state index is 5.40. The van der Waals surface area contributed by atoms with Gasteiger partial charge in [0.2, 0.25) is 0 Å². The van der Waals surface area contributed by atoms with E-state index in [9.17, 15) is 0 Å². The van der Waals surface area contributed by atoms with Crippen molar-refractivity contribution in [3.63, 3.8) is 0 Å². The number of nitrogens with zero attached hydrogens (tertiary/aromatic N) is 2. The van der Waals surface area contributed by atoms with Gasteiger partial charge in [-0.05, 0) is 25.7 Å². The van der Waals surface area contributed by atoms with E-state index in [4.69, 9.17) is 4.74 Å². The maximum atomic E-state index is 5.40. The Morgan fingerprint density at radius 1 is 1.47 bits per heavy atom. The zero-order chi connectivity index (χ0) is 10.5. The van der Waals surface area contributed by atoms with E-state index in [1.54, 1.807) is 0 Å². The molecule has 1 aliphatic carbocycles. The molecule has 3 nitrogen and oxygen atoms in total. The van der Waals surface area contributed by atoms with Crippen molar-refractivity contribution in [1.29, 1.82) is 0 Å². The minimum absolute atomic E-state index is 0.649. The summed E-state index contributed by atoms with van der Waals surface area (Å²) in [6.07, 6.45) is 9.52. The molecule has 0 radical (unpaired) electrons. The predicted octanol–water partition coefficient (Wildman–Crippen LogP) is 2.61. The van der Waals surface area contributed by atoms with Crippen LogP contribution in [0.25, 0.3) is 0 Å². The number of imidazole rings is 1. The Morgan fingerprint density at radius 3 is 3.00 bits per heavy atom. The Hall–Kier alpha value is -0.830. The van der Waals surface area contributed by atoms with Crippen LogP contribution in [0.1, 0.15) is 38.4 Å². The van der Waals surface area contributed by atoms with Gasteiger partial charge >= 0.3 is 0 Å². The van der Waals surface area contributed by atoms with Gasteiger partial charge in [-0.1, -0.05) is 12.8 Å². The molecule has 1 aromatic rings. The van der Waals surface area contributed by atoms with Crippen molar-refractivity contribution in [1.82, 2.24) is 9.55 Å². The fourth-order valence-electron chi connectivity index (χ4n) is 2.31. The summed E-state index contributed by atoms with van der Waals surface area (Å²) in [6, 6.07) is 0. The topological polar surface area (TPSA) is 27.1 Å². The fourth-order valence-corrected chi connectivity index (χ4v) is 2.31. The van der Waals surface area contributed by atoms with Gasteiger partial charge in [0.25, 0.3) is 0 Å². The van der Waals surface area contributed by atoms with Crippen molar-refractivity contribution >= 4 is 0 Å². The van der Waals surface area contributed by atoms with Crippen LogP contribution in [0.15, 0.2) is 12.4 Å². The van der Waals surface area contributed by atoms with E-state index in [0.717, 1.165) is 24.9 Å². The Labute approximate surface area is 91.5 Å². The molecule has 1 aromatic heterocycles. The number of hydrogen-bond acceptors (Lipinski definition) is 2. The highest BCUT2D eigenvalue weighted by Gasteiger charge is 2.16. The third-order valence-electron chi connectivity index (χ3n) is 3.17. The monoisotopic (exact) mass is 208 g/mol. The zero-order valence-corrected chi connectivity index (χ0v) is 9.48. The van der Waals surface area contributed by atoms with Crippen LogP contribution < -0.4 is 0 Å². The molecule has 0 atom stereocenters. The number of rotatable bonds is 5. The first-order chi connectivity index (χ1) is 7.40. The SMILES string of the molecule is CCOCc1nccn1CC1CCCC1. The van der Waals surface area contributed by atoms with Gasteiger partial charge in [-0.2, -0.15) is 0 Å². The molecule has 0 N–H and O–H groups in total. The van der Waals surface area contributed by atoms with Gasteiger partial charge in [-0.25, -0.2) is 4.98 Å². The van der Waals surface area contributed by atoms with Gasteiger partial charge in [0.05, 0.1) is 0 Å². The summed E-state index contributed by atoms with van der Waals surface area (Å²) in [6.45, 7) is 4.55. The quantitative estimate of drug-likeness (QED) is 0.743. The molecular formula is C12H20N2O. The highest BCUT2D eigenvalue weighted by molar-refractivity contribution is 4.91. The summed E-state index contributed by atoms with van der Waals surface area (Å²) in [7, 11) is 0. The Kier molecular flexibility index (Phi) is 3.78. The predicted molar refractivity (Wildman–Crippen MR) is 59.5 cm³/mol. The summed E-state index contributed by atoms with van der Waals surface area (Å²) >= 11 is 0. The van der Waals surface area contributed by atoms with Crippen LogP contribution in [-0.2, 0) is 17.9 Å². The van der Waals surface area contributed by atoms with Crippen molar-refractivity contribution in [3.05, 3.63) is 18.2 Å². The lowest BCUT2D eigenvalue weighted by Crippen LogP contribution is -2.11. The molecule has 1 aliphatic rings. The second-order valence-electron chi connectivity index (χ2n) is 4.28. The highest BCUT2D eigenvalue weighted by atomic mass is 16.5. The van der Waals surface area contributed by atoms with Crippen molar-refractivity contribution in [2.45, 2.75) is 45.8 Å². The van der Waals surface area contributed by atoms with Crippen molar-refractivity contribution in [3.8, 4) is 0 Å². The molecule has 15 heavy (non-hydrogen) atoms. The van der Waals surface area contributed by atoms with E-state index in [2.05, 4.69) is 15.7 Å². The van der Waals surface area contributed by atoms with Gasteiger partial charge in [0, 0.05) is 25.5 Å². The molecule has 0 aliphatic heterocycles. The molecule has 84 valence electrons. The molecule has 1 heterocycles. The van der Waals surface area contributed by atoms with Gasteiger partial charge in [-0.3, -0.25) is 0 Å². The molecule has 0 bridgehead atoms. The minimum Gasteiger partial charge on any atom is -0.374 e. The van der Waals surface area contributed by atoms with Crippen molar-refractivity contribution < 1.29 is 4.74 Å². The smallest absolute Gasteiger partial charge is 0.134 e. The normalized spacial score (nSPS) is 17.4. The van der Waals surface area contributed by atoms with E-state index in [1.807, 2.05) is 13.1 Å². The van der Waals surface area contributed by atoms with E-state index in [0.29, 0.717) is 6.61 Å². The second kappa shape index (κ2) is 5.31. The molecule has 0 unspecified atom stereocenters. The molecule has 0 aromatic carbocycles. The lowest BCUT2D eigenvalue weighted by atomic mass is 10.1. The van der Waals surface area contributed by atoms with Gasteiger partial charge < -0.3 is 9.30 Å². The van der Waals surface area contributed by atoms with Gasteiger partial charge in [0.15, 0.2) is 0 Å². The highest BCUT2D eigenvalue weighted by Crippen LogP contribution is 2.26. The fraction of sp³-hybridized carbons (Fsp3) is 0.750. The first kappa shape index (κ1) is 10.7. The van der Waals surface area contributed by atoms with Crippen LogP contribution in [0, 0.1) is 5.92 Å². The molecule has 2 rings (SSSR count). The lowest BCUT2D eigenvalue weighted by molar-refractivity contribution is 0.125. The average Bonchev–Trinajstić information content (AvgIpc) is 2.87. The van der Waals surface area contributed by atoms with Crippen LogP contribution in [0.3, 0.4) is 0 Å². The maximum Gasteiger partial charge on any atom is 0.134 e. The summed E-state index contributed by atoms with van der Waals surface area (Å²) < 4.78 is 7.66. The van der Waals surface area contributed by atoms with Crippen LogP contribution in [0.2, 0.25) is 0 Å². The Balaban J connectivity index is 1.91. The molecule has 0 saturated heterocycles. The lowest BCUT2D eigenvalue weighted by Gasteiger charge is -2.12. The minimum atomic E-state index is 0.649. The molecule has 1 fully saturated rings. The van der Waals surface area contributed by atoms with E-state index in [1.165, 1.54) is 25.7 Å². The van der Waals surface area contributed by atoms with E-state index >= 15 is 0 Å². The molecule has 0 spiro atoms. The van der Waals surface area contributed by atoms with E-state index in [-0.39, 0.29) is 0 Å². The summed E-state index contributed by atoms with van der Waals surface area (Å²) in [4.78, 5) is 4.33. The Bertz CT molecular complexity index is 290. The van der Waals surface area contributed by atoms with Crippen molar-refractivity contribution in [2.24, 2.45) is 5.92 Å². The van der Waals surface area contributed by atoms with Crippen LogP contribution in [-0.4, -0.2) is 16.2 Å². The summed E-state index contributed by atoms with van der Waals surface area (Å²) in [5.41, 5.74) is 0. The van der Waals surface area contributed by atoms with Crippen LogP contribution in [0.4, 0.5) is 0 Å². The zero-order valence-electron chi connectivity index (χ0n) is 9.48. The van der Waals surface area contributed by atoms with Crippen LogP contribution >= 0.6 is 0 Å². The first-order valence-electron chi connectivity index (χ1n) is 5.98. The van der Waals surface area contributed by atoms with E-state index < -0.39 is 0 Å². The third-order valence-corrected chi connectivity index (χ3v) is 3.17. The standard InChI is InChI=1S/C12H20N2O/c1-2-15-10-12-13-7-8-14(12)9-11-5-3-4-6-11/h7-8,11H,2-6,9-10H2,1H3. The molecule has 0 amide bonds. The summed E-state index contributed by atoms with van der Waals surface area (Å²) in [5, 5.41) is 0. The number of ether oxygens (including phenoxy) is 1. The third kappa shape index (κ3) is 2.81. The number of hydrogen-bond donors (Lipinski definition) is 0. The van der Waals surface area contributed by atoms with Crippen molar-refractivity contribution in [2.75, 3.05) is 6.61 Å². The molecule has 1 saturated carbocycles.